The molecule has 0 spiro atoms. The van der Waals surface area contributed by atoms with Crippen LogP contribution in [0.5, 0.6) is 0 Å². The molecule has 0 fully saturated rings. The summed E-state index contributed by atoms with van der Waals surface area (Å²) in [6.07, 6.45) is 0. The van der Waals surface area contributed by atoms with Gasteiger partial charge in [-0.3, -0.25) is 14.4 Å². The van der Waals surface area contributed by atoms with E-state index in [2.05, 4.69) is 16.0 Å². The normalized spacial score (nSPS) is 11.6. The SMILES string of the molecule is CNC(=O)c1ccc(CNC(=O)C(NC(=O)c2ccccc2Cl)C(C)C)cc1. The lowest BCUT2D eigenvalue weighted by atomic mass is 10.0. The lowest BCUT2D eigenvalue weighted by molar-refractivity contribution is -0.124. The molecule has 0 aromatic heterocycles. The van der Waals surface area contributed by atoms with E-state index >= 15 is 0 Å². The Kier molecular flexibility index (Phi) is 7.58. The minimum absolute atomic E-state index is 0.109. The molecular weight excluding hydrogens is 378 g/mol. The Morgan fingerprint density at radius 2 is 1.61 bits per heavy atom. The van der Waals surface area contributed by atoms with Gasteiger partial charge in [-0.15, -0.1) is 0 Å². The fraction of sp³-hybridized carbons (Fsp3) is 0.286. The van der Waals surface area contributed by atoms with Crippen LogP contribution in [-0.2, 0) is 11.3 Å². The molecule has 0 aliphatic carbocycles. The van der Waals surface area contributed by atoms with E-state index in [0.29, 0.717) is 16.1 Å². The van der Waals surface area contributed by atoms with Crippen molar-refractivity contribution in [2.45, 2.75) is 26.4 Å². The smallest absolute Gasteiger partial charge is 0.253 e. The average Bonchev–Trinajstić information content (AvgIpc) is 2.69. The number of nitrogens with one attached hydrogen (secondary N) is 3. The third-order valence-corrected chi connectivity index (χ3v) is 4.59. The van der Waals surface area contributed by atoms with Gasteiger partial charge in [-0.25, -0.2) is 0 Å². The van der Waals surface area contributed by atoms with Crippen LogP contribution in [0.25, 0.3) is 0 Å². The standard InChI is InChI=1S/C21H24ClN3O3/c1-13(2)18(25-20(27)16-6-4-5-7-17(16)22)21(28)24-12-14-8-10-15(11-9-14)19(26)23-3/h4-11,13,18H,12H2,1-3H3,(H,23,26)(H,24,28)(H,25,27). The Balaban J connectivity index is 2.00. The van der Waals surface area contributed by atoms with Crippen molar-refractivity contribution in [2.24, 2.45) is 5.92 Å². The minimum Gasteiger partial charge on any atom is -0.355 e. The Morgan fingerprint density at radius 1 is 0.964 bits per heavy atom. The lowest BCUT2D eigenvalue weighted by Crippen LogP contribution is -2.49. The fourth-order valence-corrected chi connectivity index (χ4v) is 2.84. The van der Waals surface area contributed by atoms with Crippen LogP contribution >= 0.6 is 11.6 Å². The maximum atomic E-state index is 12.6. The number of rotatable bonds is 7. The quantitative estimate of drug-likeness (QED) is 0.666. The van der Waals surface area contributed by atoms with Crippen LogP contribution in [0.3, 0.4) is 0 Å². The Morgan fingerprint density at radius 3 is 2.18 bits per heavy atom. The molecule has 3 N–H and O–H groups in total. The summed E-state index contributed by atoms with van der Waals surface area (Å²) in [6, 6.07) is 12.9. The zero-order valence-corrected chi connectivity index (χ0v) is 16.8. The van der Waals surface area contributed by atoms with Gasteiger partial charge in [-0.2, -0.15) is 0 Å². The Hall–Kier alpha value is -2.86. The number of carbonyl (C=O) groups excluding carboxylic acids is 3. The Bertz CT molecular complexity index is 850. The first kappa shape index (κ1) is 21.4. The van der Waals surface area contributed by atoms with E-state index in [0.717, 1.165) is 5.56 Å². The first-order valence-corrected chi connectivity index (χ1v) is 9.35. The molecule has 0 heterocycles. The van der Waals surface area contributed by atoms with Crippen molar-refractivity contribution in [3.8, 4) is 0 Å². The second-order valence-corrected chi connectivity index (χ2v) is 7.08. The molecule has 2 aromatic rings. The van der Waals surface area contributed by atoms with Gasteiger partial charge in [-0.05, 0) is 35.7 Å². The van der Waals surface area contributed by atoms with Gasteiger partial charge in [0.2, 0.25) is 5.91 Å². The summed E-state index contributed by atoms with van der Waals surface area (Å²) in [7, 11) is 1.57. The van der Waals surface area contributed by atoms with Crippen LogP contribution in [0.15, 0.2) is 48.5 Å². The molecule has 2 rings (SSSR count). The largest absolute Gasteiger partial charge is 0.355 e. The average molecular weight is 402 g/mol. The van der Waals surface area contributed by atoms with Gasteiger partial charge in [0.15, 0.2) is 0 Å². The van der Waals surface area contributed by atoms with E-state index in [1.165, 1.54) is 0 Å². The van der Waals surface area contributed by atoms with E-state index < -0.39 is 11.9 Å². The summed E-state index contributed by atoms with van der Waals surface area (Å²) in [4.78, 5) is 36.7. The Labute approximate surface area is 169 Å². The fourth-order valence-electron chi connectivity index (χ4n) is 2.62. The highest BCUT2D eigenvalue weighted by atomic mass is 35.5. The maximum absolute atomic E-state index is 12.6. The molecule has 0 radical (unpaired) electrons. The lowest BCUT2D eigenvalue weighted by Gasteiger charge is -2.22. The molecule has 148 valence electrons. The van der Waals surface area contributed by atoms with Crippen LogP contribution in [0, 0.1) is 5.92 Å². The number of halogens is 1. The van der Waals surface area contributed by atoms with Crippen LogP contribution in [-0.4, -0.2) is 30.8 Å². The van der Waals surface area contributed by atoms with Crippen molar-refractivity contribution in [3.63, 3.8) is 0 Å². The molecule has 7 heteroatoms. The molecule has 1 atom stereocenters. The molecule has 0 bridgehead atoms. The molecular formula is C21H24ClN3O3. The second kappa shape index (κ2) is 9.90. The van der Waals surface area contributed by atoms with Crippen molar-refractivity contribution in [2.75, 3.05) is 7.05 Å². The van der Waals surface area contributed by atoms with Crippen LogP contribution < -0.4 is 16.0 Å². The summed E-state index contributed by atoms with van der Waals surface area (Å²) in [5, 5.41) is 8.47. The molecule has 0 aliphatic heterocycles. The maximum Gasteiger partial charge on any atom is 0.253 e. The van der Waals surface area contributed by atoms with Gasteiger partial charge in [0, 0.05) is 19.2 Å². The molecule has 0 saturated carbocycles. The molecule has 1 unspecified atom stereocenters. The summed E-state index contributed by atoms with van der Waals surface area (Å²) in [5.41, 5.74) is 1.72. The van der Waals surface area contributed by atoms with E-state index in [1.54, 1.807) is 55.6 Å². The molecule has 0 aliphatic rings. The number of benzene rings is 2. The van der Waals surface area contributed by atoms with E-state index in [9.17, 15) is 14.4 Å². The van der Waals surface area contributed by atoms with Crippen LogP contribution in [0.2, 0.25) is 5.02 Å². The molecule has 3 amide bonds. The molecule has 0 saturated heterocycles. The van der Waals surface area contributed by atoms with Crippen molar-refractivity contribution in [3.05, 3.63) is 70.2 Å². The van der Waals surface area contributed by atoms with E-state index in [1.807, 2.05) is 13.8 Å². The van der Waals surface area contributed by atoms with Gasteiger partial charge in [0.25, 0.3) is 11.8 Å². The van der Waals surface area contributed by atoms with Crippen molar-refractivity contribution in [1.29, 1.82) is 0 Å². The summed E-state index contributed by atoms with van der Waals surface area (Å²) in [5.74, 6) is -0.958. The van der Waals surface area contributed by atoms with Crippen LogP contribution in [0.4, 0.5) is 0 Å². The molecule has 2 aromatic carbocycles. The number of hydrogen-bond donors (Lipinski definition) is 3. The first-order valence-electron chi connectivity index (χ1n) is 8.97. The highest BCUT2D eigenvalue weighted by molar-refractivity contribution is 6.33. The number of hydrogen-bond acceptors (Lipinski definition) is 3. The van der Waals surface area contributed by atoms with Gasteiger partial charge >= 0.3 is 0 Å². The number of amides is 3. The van der Waals surface area contributed by atoms with Gasteiger partial charge in [-0.1, -0.05) is 49.7 Å². The highest BCUT2D eigenvalue weighted by Crippen LogP contribution is 2.15. The van der Waals surface area contributed by atoms with Gasteiger partial charge < -0.3 is 16.0 Å². The van der Waals surface area contributed by atoms with E-state index in [4.69, 9.17) is 11.6 Å². The first-order chi connectivity index (χ1) is 13.3. The number of carbonyl (C=O) groups is 3. The zero-order chi connectivity index (χ0) is 20.7. The van der Waals surface area contributed by atoms with Crippen LogP contribution in [0.1, 0.15) is 40.1 Å². The predicted molar refractivity (Wildman–Crippen MR) is 109 cm³/mol. The van der Waals surface area contributed by atoms with Gasteiger partial charge in [0.1, 0.15) is 6.04 Å². The summed E-state index contributed by atoms with van der Waals surface area (Å²) < 4.78 is 0. The predicted octanol–water partition coefficient (Wildman–Crippen LogP) is 2.77. The molecule has 6 nitrogen and oxygen atoms in total. The zero-order valence-electron chi connectivity index (χ0n) is 16.1. The van der Waals surface area contributed by atoms with E-state index in [-0.39, 0.29) is 24.3 Å². The summed E-state index contributed by atoms with van der Waals surface area (Å²) >= 11 is 6.06. The monoisotopic (exact) mass is 401 g/mol. The second-order valence-electron chi connectivity index (χ2n) is 6.67. The highest BCUT2D eigenvalue weighted by Gasteiger charge is 2.25. The molecule has 28 heavy (non-hydrogen) atoms. The van der Waals surface area contributed by atoms with Crippen molar-refractivity contribution in [1.82, 2.24) is 16.0 Å². The topological polar surface area (TPSA) is 87.3 Å². The van der Waals surface area contributed by atoms with Crippen molar-refractivity contribution >= 4 is 29.3 Å². The van der Waals surface area contributed by atoms with Gasteiger partial charge in [0.05, 0.1) is 10.6 Å². The van der Waals surface area contributed by atoms with Crippen molar-refractivity contribution < 1.29 is 14.4 Å². The minimum atomic E-state index is -0.700. The third-order valence-electron chi connectivity index (χ3n) is 4.26. The summed E-state index contributed by atoms with van der Waals surface area (Å²) in [6.45, 7) is 4.00. The third kappa shape index (κ3) is 5.57.